The molecule has 0 saturated heterocycles. The van der Waals surface area contributed by atoms with E-state index in [1.165, 1.54) is 0 Å². The van der Waals surface area contributed by atoms with Gasteiger partial charge in [0, 0.05) is 4.47 Å². The summed E-state index contributed by atoms with van der Waals surface area (Å²) in [6, 6.07) is -0.454. The van der Waals surface area contributed by atoms with Crippen molar-refractivity contribution in [2.75, 3.05) is 0 Å². The van der Waals surface area contributed by atoms with E-state index in [1.807, 2.05) is 0 Å². The van der Waals surface area contributed by atoms with Crippen molar-refractivity contribution >= 4 is 28.3 Å². The lowest BCUT2D eigenvalue weighted by Gasteiger charge is -2.18. The maximum absolute atomic E-state index is 12.4. The molecule has 0 saturated carbocycles. The molecule has 0 unspecified atom stereocenters. The molecule has 0 bridgehead atoms. The van der Waals surface area contributed by atoms with Crippen molar-refractivity contribution in [1.82, 2.24) is 0 Å². The first-order valence-corrected chi connectivity index (χ1v) is 5.01. The van der Waals surface area contributed by atoms with Crippen LogP contribution in [0.25, 0.3) is 0 Å². The third-order valence-electron chi connectivity index (χ3n) is 1.96. The lowest BCUT2D eigenvalue weighted by molar-refractivity contribution is -0.150. The summed E-state index contributed by atoms with van der Waals surface area (Å²) in [4.78, 5) is 0. The minimum Gasteiger partial charge on any atom is -0.316 e. The first kappa shape index (κ1) is 17.5. The lowest BCUT2D eigenvalue weighted by atomic mass is 10.0. The van der Waals surface area contributed by atoms with Gasteiger partial charge in [-0.15, -0.1) is 12.4 Å². The van der Waals surface area contributed by atoms with Crippen molar-refractivity contribution in [3.05, 3.63) is 33.8 Å². The van der Waals surface area contributed by atoms with Gasteiger partial charge in [-0.1, -0.05) is 15.9 Å². The van der Waals surface area contributed by atoms with E-state index < -0.39 is 29.5 Å². The van der Waals surface area contributed by atoms with E-state index >= 15 is 0 Å². The van der Waals surface area contributed by atoms with Crippen molar-refractivity contribution in [2.45, 2.75) is 18.4 Å². The average Bonchev–Trinajstić information content (AvgIpc) is 2.12. The molecule has 0 aliphatic heterocycles. The Kier molecular flexibility index (Phi) is 5.52. The predicted molar refractivity (Wildman–Crippen MR) is 59.4 cm³/mol. The topological polar surface area (TPSA) is 26.0 Å². The van der Waals surface area contributed by atoms with Crippen LogP contribution in [0.4, 0.5) is 26.3 Å². The average molecular weight is 359 g/mol. The smallest absolute Gasteiger partial charge is 0.316 e. The molecule has 0 aliphatic rings. The molecule has 2 N–H and O–H groups in total. The van der Waals surface area contributed by atoms with Crippen LogP contribution >= 0.6 is 28.3 Å². The van der Waals surface area contributed by atoms with Gasteiger partial charge in [-0.3, -0.25) is 0 Å². The summed E-state index contributed by atoms with van der Waals surface area (Å²) in [5.74, 6) is 0. The Morgan fingerprint density at radius 1 is 1.00 bits per heavy atom. The van der Waals surface area contributed by atoms with Gasteiger partial charge in [0.05, 0.1) is 5.56 Å². The predicted octanol–water partition coefficient (Wildman–Crippen LogP) is 4.45. The van der Waals surface area contributed by atoms with Crippen LogP contribution in [0.2, 0.25) is 0 Å². The Morgan fingerprint density at radius 2 is 1.50 bits per heavy atom. The molecule has 1 rings (SSSR count). The molecule has 1 aromatic carbocycles. The van der Waals surface area contributed by atoms with E-state index in [0.29, 0.717) is 12.1 Å². The molecule has 1 aromatic rings. The number of alkyl halides is 6. The summed E-state index contributed by atoms with van der Waals surface area (Å²) in [5, 5.41) is 0. The standard InChI is InChI=1S/C9H6BrF6N.ClH/c10-6-2-4(7(17)9(14,15)16)1-5(3-6)8(11,12)13;/h1-3,7H,17H2;1H/t7-;/m1./s1. The molecule has 18 heavy (non-hydrogen) atoms. The van der Waals surface area contributed by atoms with E-state index in [2.05, 4.69) is 15.9 Å². The summed E-state index contributed by atoms with van der Waals surface area (Å²) in [5.41, 5.74) is 3.02. The summed E-state index contributed by atoms with van der Waals surface area (Å²) in [7, 11) is 0. The molecule has 9 heteroatoms. The van der Waals surface area contributed by atoms with Gasteiger partial charge < -0.3 is 5.73 Å². The first-order chi connectivity index (χ1) is 7.51. The van der Waals surface area contributed by atoms with E-state index in [1.54, 1.807) is 0 Å². The Morgan fingerprint density at radius 3 is 1.89 bits per heavy atom. The Labute approximate surface area is 113 Å². The zero-order chi connectivity index (χ0) is 13.4. The largest absolute Gasteiger partial charge is 0.416 e. The van der Waals surface area contributed by atoms with Gasteiger partial charge in [0.1, 0.15) is 6.04 Å². The summed E-state index contributed by atoms with van der Waals surface area (Å²) < 4.78 is 73.8. The summed E-state index contributed by atoms with van der Waals surface area (Å²) >= 11 is 2.72. The summed E-state index contributed by atoms with van der Waals surface area (Å²) in [6.45, 7) is 0. The quantitative estimate of drug-likeness (QED) is 0.738. The molecule has 0 aliphatic carbocycles. The van der Waals surface area contributed by atoms with Gasteiger partial charge in [-0.25, -0.2) is 0 Å². The second-order valence-electron chi connectivity index (χ2n) is 3.29. The molecule has 0 heterocycles. The van der Waals surface area contributed by atoms with E-state index in [4.69, 9.17) is 5.73 Å². The van der Waals surface area contributed by atoms with Crippen molar-refractivity contribution in [1.29, 1.82) is 0 Å². The fourth-order valence-corrected chi connectivity index (χ4v) is 1.66. The Bertz CT molecular complexity index is 416. The van der Waals surface area contributed by atoms with E-state index in [9.17, 15) is 26.3 Å². The lowest BCUT2D eigenvalue weighted by Crippen LogP contribution is -2.28. The van der Waals surface area contributed by atoms with Crippen molar-refractivity contribution in [3.63, 3.8) is 0 Å². The van der Waals surface area contributed by atoms with Gasteiger partial charge in [0.2, 0.25) is 0 Å². The van der Waals surface area contributed by atoms with Crippen LogP contribution < -0.4 is 5.73 Å². The normalized spacial score (nSPS) is 14.0. The second-order valence-corrected chi connectivity index (χ2v) is 4.21. The van der Waals surface area contributed by atoms with E-state index in [-0.39, 0.29) is 16.9 Å². The first-order valence-electron chi connectivity index (χ1n) is 4.22. The van der Waals surface area contributed by atoms with Crippen LogP contribution in [0.3, 0.4) is 0 Å². The van der Waals surface area contributed by atoms with Crippen LogP contribution in [0.1, 0.15) is 17.2 Å². The number of hydrogen-bond donors (Lipinski definition) is 1. The number of halogens is 8. The maximum Gasteiger partial charge on any atom is 0.416 e. The highest BCUT2D eigenvalue weighted by Crippen LogP contribution is 2.36. The van der Waals surface area contributed by atoms with Gasteiger partial charge >= 0.3 is 12.4 Å². The third kappa shape index (κ3) is 4.33. The third-order valence-corrected chi connectivity index (χ3v) is 2.42. The molecule has 0 radical (unpaired) electrons. The van der Waals surface area contributed by atoms with Crippen molar-refractivity contribution in [3.8, 4) is 0 Å². The van der Waals surface area contributed by atoms with Gasteiger partial charge in [0.15, 0.2) is 0 Å². The zero-order valence-corrected chi connectivity index (χ0v) is 10.8. The molecule has 0 fully saturated rings. The van der Waals surface area contributed by atoms with Gasteiger partial charge in [-0.2, -0.15) is 26.3 Å². The fourth-order valence-electron chi connectivity index (χ4n) is 1.14. The highest BCUT2D eigenvalue weighted by atomic mass is 79.9. The van der Waals surface area contributed by atoms with Crippen LogP contribution in [0.15, 0.2) is 22.7 Å². The number of benzene rings is 1. The minimum atomic E-state index is -4.79. The number of hydrogen-bond acceptors (Lipinski definition) is 1. The highest BCUT2D eigenvalue weighted by Gasteiger charge is 2.39. The van der Waals surface area contributed by atoms with Crippen molar-refractivity contribution in [2.24, 2.45) is 5.73 Å². The zero-order valence-electron chi connectivity index (χ0n) is 8.44. The van der Waals surface area contributed by atoms with Crippen LogP contribution in [0, 0.1) is 0 Å². The summed E-state index contributed by atoms with van der Waals surface area (Å²) in [6.07, 6.45) is -9.51. The minimum absolute atomic E-state index is 0. The monoisotopic (exact) mass is 357 g/mol. The SMILES string of the molecule is Cl.N[C@H](c1cc(Br)cc(C(F)(F)F)c1)C(F)(F)F. The Balaban J connectivity index is 0.00000289. The van der Waals surface area contributed by atoms with Crippen LogP contribution in [-0.4, -0.2) is 6.18 Å². The molecular formula is C9H7BrClF6N. The molecule has 1 atom stereocenters. The number of rotatable bonds is 1. The molecule has 0 spiro atoms. The van der Waals surface area contributed by atoms with E-state index in [0.717, 1.165) is 6.07 Å². The number of nitrogens with two attached hydrogens (primary N) is 1. The van der Waals surface area contributed by atoms with Crippen LogP contribution in [0.5, 0.6) is 0 Å². The van der Waals surface area contributed by atoms with Gasteiger partial charge in [0.25, 0.3) is 0 Å². The van der Waals surface area contributed by atoms with Crippen LogP contribution in [-0.2, 0) is 6.18 Å². The highest BCUT2D eigenvalue weighted by molar-refractivity contribution is 9.10. The maximum atomic E-state index is 12.4. The van der Waals surface area contributed by atoms with Crippen molar-refractivity contribution < 1.29 is 26.3 Å². The molecule has 0 aromatic heterocycles. The molecular weight excluding hydrogens is 351 g/mol. The fraction of sp³-hybridized carbons (Fsp3) is 0.333. The second kappa shape index (κ2) is 5.66. The van der Waals surface area contributed by atoms with Gasteiger partial charge in [-0.05, 0) is 23.8 Å². The molecule has 104 valence electrons. The molecule has 0 amide bonds. The molecule has 1 nitrogen and oxygen atoms in total. The Hall–Kier alpha value is -0.470.